The number of pyridine rings is 2. The minimum Gasteiger partial charge on any atom is -0.480 e. The first-order valence-corrected chi connectivity index (χ1v) is 31.2. The fourth-order valence-electron chi connectivity index (χ4n) is 13.2. The average Bonchev–Trinajstić information content (AvgIpc) is 4.12. The highest BCUT2D eigenvalue weighted by atomic mass is 19.1. The highest BCUT2D eigenvalue weighted by molar-refractivity contribution is 5.79. The molecular formula is C68H94F2N4O8. The lowest BCUT2D eigenvalue weighted by atomic mass is 9.76. The lowest BCUT2D eigenvalue weighted by Crippen LogP contribution is -2.38. The van der Waals surface area contributed by atoms with Crippen molar-refractivity contribution in [2.45, 2.75) is 219 Å². The first kappa shape index (κ1) is 61.8. The van der Waals surface area contributed by atoms with Gasteiger partial charge in [0.15, 0.2) is 0 Å². The van der Waals surface area contributed by atoms with Crippen LogP contribution >= 0.6 is 0 Å². The maximum absolute atomic E-state index is 14.7. The molecule has 4 saturated heterocycles. The molecule has 0 saturated carbocycles. The molecule has 0 amide bonds. The largest absolute Gasteiger partial charge is 0.480 e. The number of esters is 1. The first-order chi connectivity index (χ1) is 39.3. The number of aliphatic carboxylic acids is 1. The molecule has 82 heavy (non-hydrogen) atoms. The minimum absolute atomic E-state index is 0.0149. The number of benzene rings is 2. The van der Waals surface area contributed by atoms with Crippen molar-refractivity contribution in [2.75, 3.05) is 52.6 Å². The van der Waals surface area contributed by atoms with Crippen LogP contribution in [0.3, 0.4) is 0 Å². The number of unbranched alkanes of at least 4 members (excludes halogenated alkanes) is 2. The summed E-state index contributed by atoms with van der Waals surface area (Å²) in [6, 6.07) is 16.6. The number of ether oxygens (including phenoxy) is 5. The number of fused-ring (bicyclic) bond motifs is 2. The van der Waals surface area contributed by atoms with E-state index in [0.717, 1.165) is 132 Å². The van der Waals surface area contributed by atoms with E-state index in [1.165, 1.54) is 65.3 Å². The van der Waals surface area contributed by atoms with Crippen molar-refractivity contribution in [1.29, 1.82) is 0 Å². The molecule has 6 heterocycles. The van der Waals surface area contributed by atoms with Crippen molar-refractivity contribution in [3.05, 3.63) is 128 Å². The van der Waals surface area contributed by atoms with Crippen LogP contribution in [0.1, 0.15) is 219 Å². The Hall–Kier alpha value is -4.70. The molecule has 10 rings (SSSR count). The van der Waals surface area contributed by atoms with E-state index in [1.807, 2.05) is 25.7 Å². The first-order valence-electron chi connectivity index (χ1n) is 31.2. The normalized spacial score (nSPS) is 23.5. The van der Waals surface area contributed by atoms with Crippen LogP contribution in [-0.2, 0) is 71.8 Å². The third-order valence-corrected chi connectivity index (χ3v) is 17.7. The van der Waals surface area contributed by atoms with E-state index in [4.69, 9.17) is 33.7 Å². The molecule has 0 radical (unpaired) electrons. The zero-order valence-corrected chi connectivity index (χ0v) is 50.4. The molecule has 4 fully saturated rings. The van der Waals surface area contributed by atoms with Gasteiger partial charge in [0, 0.05) is 75.4 Å². The van der Waals surface area contributed by atoms with E-state index in [1.54, 1.807) is 12.1 Å². The Bertz CT molecular complexity index is 2770. The number of hydrogen-bond acceptors (Lipinski definition) is 11. The van der Waals surface area contributed by atoms with Gasteiger partial charge in [0.25, 0.3) is 0 Å². The number of rotatable bonds is 20. The van der Waals surface area contributed by atoms with E-state index >= 15 is 0 Å². The van der Waals surface area contributed by atoms with Crippen LogP contribution < -0.4 is 0 Å². The molecule has 6 aliphatic rings. The van der Waals surface area contributed by atoms with E-state index in [2.05, 4.69) is 56.9 Å². The molecule has 1 N–H and O–H groups in total. The molecule has 2 aromatic heterocycles. The van der Waals surface area contributed by atoms with Gasteiger partial charge in [-0.3, -0.25) is 24.6 Å². The van der Waals surface area contributed by atoms with E-state index in [0.29, 0.717) is 74.6 Å². The molecule has 2 aromatic carbocycles. The molecule has 4 aromatic rings. The van der Waals surface area contributed by atoms with Gasteiger partial charge in [-0.25, -0.2) is 13.6 Å². The van der Waals surface area contributed by atoms with Crippen LogP contribution in [-0.4, -0.2) is 107 Å². The number of nitrogens with zero attached hydrogens (tertiary/aromatic N) is 4. The van der Waals surface area contributed by atoms with E-state index < -0.39 is 29.5 Å². The molecular weight excluding hydrogens is 1040 g/mol. The molecule has 0 bridgehead atoms. The average molecular weight is 1130 g/mol. The van der Waals surface area contributed by atoms with Gasteiger partial charge in [0.05, 0.1) is 24.4 Å². The van der Waals surface area contributed by atoms with E-state index in [-0.39, 0.29) is 36.2 Å². The summed E-state index contributed by atoms with van der Waals surface area (Å²) in [5.41, 5.74) is 10.6. The summed E-state index contributed by atoms with van der Waals surface area (Å²) in [4.78, 5) is 40.1. The summed E-state index contributed by atoms with van der Waals surface area (Å²) in [7, 11) is 0. The maximum Gasteiger partial charge on any atom is 0.328 e. The Morgan fingerprint density at radius 2 is 1.11 bits per heavy atom. The summed E-state index contributed by atoms with van der Waals surface area (Å²) in [6.07, 6.45) is 19.8. The van der Waals surface area contributed by atoms with Gasteiger partial charge in [0.2, 0.25) is 0 Å². The van der Waals surface area contributed by atoms with Crippen LogP contribution in [0.5, 0.6) is 0 Å². The van der Waals surface area contributed by atoms with Crippen molar-refractivity contribution in [2.24, 2.45) is 10.8 Å². The zero-order valence-electron chi connectivity index (χ0n) is 50.4. The number of carboxylic acids is 1. The number of aryl methyl sites for hydroxylation is 4. The predicted molar refractivity (Wildman–Crippen MR) is 315 cm³/mol. The van der Waals surface area contributed by atoms with Gasteiger partial charge < -0.3 is 28.8 Å². The molecule has 6 atom stereocenters. The Morgan fingerprint density at radius 3 is 1.55 bits per heavy atom. The van der Waals surface area contributed by atoms with Crippen LogP contribution in [0.15, 0.2) is 60.7 Å². The Morgan fingerprint density at radius 1 is 0.646 bits per heavy atom. The quantitative estimate of drug-likeness (QED) is 0.0667. The van der Waals surface area contributed by atoms with Crippen LogP contribution in [0.2, 0.25) is 0 Å². The highest BCUT2D eigenvalue weighted by Gasteiger charge is 2.40. The van der Waals surface area contributed by atoms with Crippen molar-refractivity contribution in [3.63, 3.8) is 0 Å². The number of carbonyl (C=O) groups is 2. The molecule has 448 valence electrons. The number of hydrogen-bond donors (Lipinski definition) is 1. The number of carboxylic acid groups (broad SMARTS) is 1. The standard InChI is InChI=1S/C36H51FN2O4.C32H43FN2O4/c1-35(2,3)43-34(40)33(30-22-26(37)13-15-29(30)32-11-7-9-21-42-32)39-19-17-28(24-39)41-20-8-6-10-27-14-12-25-16-18-36(4,5)23-31(25)38-27;1-32(2)15-13-22-9-11-24(34-28(22)20-32)7-3-5-17-38-25-14-16-35(21-25)30(31(36)37)27-19-23(33)10-12-26(27)29-8-4-6-18-39-29/h12-15,22,28,32-33H,6-11,16-21,23-24H2,1-5H3;9-12,19,25,29-30H,3-8,13-18,20-21H2,1-2H3,(H,36,37)/t28-,32+,33?;25-,29+,30?/m11/s1. The van der Waals surface area contributed by atoms with E-state index in [9.17, 15) is 23.5 Å². The SMILES string of the molecule is CC1(C)CCc2ccc(CCCCO[C@@H]3CCN(C(C(=O)O)c4cc(F)ccc4[C@@H]4CCCCO4)C3)nc2C1.CC1(C)CCc2ccc(CCCCO[C@@H]3CCN(C(C(=O)OC(C)(C)C)c4cc(F)ccc4[C@@H]4CCCCO4)C3)nc2C1. The summed E-state index contributed by atoms with van der Waals surface area (Å²) < 4.78 is 59.4. The Labute approximate surface area is 487 Å². The van der Waals surface area contributed by atoms with Gasteiger partial charge in [0.1, 0.15) is 29.3 Å². The minimum atomic E-state index is -0.959. The fraction of sp³-hybridized carbons (Fsp3) is 0.647. The molecule has 12 nitrogen and oxygen atoms in total. The zero-order chi connectivity index (χ0) is 58.0. The second kappa shape index (κ2) is 28.0. The van der Waals surface area contributed by atoms with Crippen LogP contribution in [0.25, 0.3) is 0 Å². The van der Waals surface area contributed by atoms with Crippen LogP contribution in [0, 0.1) is 22.5 Å². The number of carbonyl (C=O) groups excluding carboxylic acids is 1. The third kappa shape index (κ3) is 17.0. The lowest BCUT2D eigenvalue weighted by molar-refractivity contribution is -0.161. The van der Waals surface area contributed by atoms with Gasteiger partial charge in [-0.15, -0.1) is 0 Å². The lowest BCUT2D eigenvalue weighted by Gasteiger charge is -2.33. The van der Waals surface area contributed by atoms with Gasteiger partial charge >= 0.3 is 11.9 Å². The predicted octanol–water partition coefficient (Wildman–Crippen LogP) is 13.7. The summed E-state index contributed by atoms with van der Waals surface area (Å²) >= 11 is 0. The summed E-state index contributed by atoms with van der Waals surface area (Å²) in [6.45, 7) is 20.0. The highest BCUT2D eigenvalue weighted by Crippen LogP contribution is 2.41. The number of likely N-dealkylation sites (tertiary alicyclic amines) is 2. The Kier molecular flexibility index (Phi) is 21.1. The fourth-order valence-corrected chi connectivity index (χ4v) is 13.2. The topological polar surface area (TPSA) is 133 Å². The molecule has 14 heteroatoms. The van der Waals surface area contributed by atoms with Crippen molar-refractivity contribution in [1.82, 2.24) is 19.8 Å². The van der Waals surface area contributed by atoms with Crippen molar-refractivity contribution in [3.8, 4) is 0 Å². The monoisotopic (exact) mass is 1130 g/mol. The Balaban J connectivity index is 0.000000198. The molecule has 4 aliphatic heterocycles. The smallest absolute Gasteiger partial charge is 0.328 e. The second-order valence-corrected chi connectivity index (χ2v) is 26.9. The number of aromatic nitrogens is 2. The van der Waals surface area contributed by atoms with Gasteiger partial charge in [-0.05, 0) is 230 Å². The van der Waals surface area contributed by atoms with Gasteiger partial charge in [-0.1, -0.05) is 52.0 Å². The summed E-state index contributed by atoms with van der Waals surface area (Å²) in [5, 5.41) is 10.2. The molecule has 2 unspecified atom stereocenters. The second-order valence-electron chi connectivity index (χ2n) is 26.9. The number of halogens is 2. The third-order valence-electron chi connectivity index (χ3n) is 17.7. The van der Waals surface area contributed by atoms with Crippen molar-refractivity contribution >= 4 is 11.9 Å². The molecule has 0 spiro atoms. The summed E-state index contributed by atoms with van der Waals surface area (Å²) in [5.74, 6) is -2.08. The van der Waals surface area contributed by atoms with Crippen LogP contribution in [0.4, 0.5) is 8.78 Å². The van der Waals surface area contributed by atoms with Crippen molar-refractivity contribution < 1.29 is 47.2 Å². The van der Waals surface area contributed by atoms with Gasteiger partial charge in [-0.2, -0.15) is 0 Å². The molecule has 2 aliphatic carbocycles. The maximum atomic E-state index is 14.7.